The van der Waals surface area contributed by atoms with E-state index in [0.29, 0.717) is 23.7 Å². The smallest absolute Gasteiger partial charge is 0.319 e. The maximum atomic E-state index is 11.9. The standard InChI is InChI=1S/C17H21N5O/c1-12(2)10-22-13(3)16(9-20-22)21(17(19)23)11-15-6-4-5-14(7-15)8-18/h4-7,9,12H,10-11H2,1-3H3,(H2,19,23). The molecule has 23 heavy (non-hydrogen) atoms. The van der Waals surface area contributed by atoms with E-state index in [1.807, 2.05) is 17.7 Å². The molecule has 0 aliphatic carbocycles. The Balaban J connectivity index is 2.30. The van der Waals surface area contributed by atoms with Crippen molar-refractivity contribution in [2.24, 2.45) is 11.7 Å². The van der Waals surface area contributed by atoms with Gasteiger partial charge in [0.1, 0.15) is 0 Å². The summed E-state index contributed by atoms with van der Waals surface area (Å²) in [5.74, 6) is 0.454. The van der Waals surface area contributed by atoms with E-state index in [1.54, 1.807) is 24.4 Å². The quantitative estimate of drug-likeness (QED) is 0.921. The molecule has 0 aliphatic rings. The van der Waals surface area contributed by atoms with Gasteiger partial charge in [-0.1, -0.05) is 26.0 Å². The third-order valence-corrected chi connectivity index (χ3v) is 3.57. The maximum absolute atomic E-state index is 11.9. The van der Waals surface area contributed by atoms with Gasteiger partial charge in [0.05, 0.1) is 35.8 Å². The van der Waals surface area contributed by atoms with Gasteiger partial charge in [-0.15, -0.1) is 0 Å². The molecule has 0 aliphatic heterocycles. The Labute approximate surface area is 136 Å². The van der Waals surface area contributed by atoms with Crippen molar-refractivity contribution in [1.82, 2.24) is 9.78 Å². The van der Waals surface area contributed by atoms with E-state index in [1.165, 1.54) is 4.90 Å². The zero-order valence-corrected chi connectivity index (χ0v) is 13.7. The van der Waals surface area contributed by atoms with E-state index in [0.717, 1.165) is 17.8 Å². The molecule has 1 aromatic carbocycles. The van der Waals surface area contributed by atoms with E-state index in [2.05, 4.69) is 25.0 Å². The highest BCUT2D eigenvalue weighted by Crippen LogP contribution is 2.22. The Kier molecular flexibility index (Phi) is 5.02. The average Bonchev–Trinajstić information content (AvgIpc) is 2.85. The minimum absolute atomic E-state index is 0.305. The summed E-state index contributed by atoms with van der Waals surface area (Å²) < 4.78 is 1.88. The number of primary amides is 1. The fourth-order valence-corrected chi connectivity index (χ4v) is 2.44. The Morgan fingerprint density at radius 2 is 2.22 bits per heavy atom. The molecule has 1 aromatic heterocycles. The summed E-state index contributed by atoms with van der Waals surface area (Å²) in [7, 11) is 0. The van der Waals surface area contributed by atoms with E-state index >= 15 is 0 Å². The summed E-state index contributed by atoms with van der Waals surface area (Å²) in [5.41, 5.74) is 8.54. The number of urea groups is 1. The molecule has 2 aromatic rings. The van der Waals surface area contributed by atoms with Crippen molar-refractivity contribution in [3.8, 4) is 6.07 Å². The first-order chi connectivity index (χ1) is 10.9. The van der Waals surface area contributed by atoms with Crippen molar-refractivity contribution < 1.29 is 4.79 Å². The molecule has 0 atom stereocenters. The summed E-state index contributed by atoms with van der Waals surface area (Å²) in [6.07, 6.45) is 1.66. The Morgan fingerprint density at radius 1 is 1.48 bits per heavy atom. The van der Waals surface area contributed by atoms with Crippen LogP contribution in [0.25, 0.3) is 0 Å². The number of aromatic nitrogens is 2. The van der Waals surface area contributed by atoms with Gasteiger partial charge in [0.25, 0.3) is 0 Å². The molecular weight excluding hydrogens is 290 g/mol. The fraction of sp³-hybridized carbons (Fsp3) is 0.353. The number of nitrogens with zero attached hydrogens (tertiary/aromatic N) is 4. The van der Waals surface area contributed by atoms with Crippen molar-refractivity contribution in [2.75, 3.05) is 4.90 Å². The highest BCUT2D eigenvalue weighted by Gasteiger charge is 2.19. The monoisotopic (exact) mass is 311 g/mol. The second-order valence-corrected chi connectivity index (χ2v) is 5.93. The number of benzene rings is 1. The summed E-state index contributed by atoms with van der Waals surface area (Å²) in [5, 5.41) is 13.3. The summed E-state index contributed by atoms with van der Waals surface area (Å²) >= 11 is 0. The van der Waals surface area contributed by atoms with Gasteiger partial charge >= 0.3 is 6.03 Å². The summed E-state index contributed by atoms with van der Waals surface area (Å²) in [6.45, 7) is 7.23. The first-order valence-electron chi connectivity index (χ1n) is 7.50. The largest absolute Gasteiger partial charge is 0.351 e. The second-order valence-electron chi connectivity index (χ2n) is 5.93. The van der Waals surface area contributed by atoms with Gasteiger partial charge in [-0.2, -0.15) is 10.4 Å². The molecule has 0 bridgehead atoms. The first kappa shape index (κ1) is 16.6. The van der Waals surface area contributed by atoms with Crippen molar-refractivity contribution in [3.05, 3.63) is 47.3 Å². The molecule has 2 N–H and O–H groups in total. The Bertz CT molecular complexity index is 742. The van der Waals surface area contributed by atoms with Crippen LogP contribution in [0.15, 0.2) is 30.5 Å². The highest BCUT2D eigenvalue weighted by atomic mass is 16.2. The molecule has 2 amide bonds. The van der Waals surface area contributed by atoms with E-state index in [-0.39, 0.29) is 0 Å². The molecule has 0 unspecified atom stereocenters. The van der Waals surface area contributed by atoms with Crippen molar-refractivity contribution in [2.45, 2.75) is 33.9 Å². The molecule has 2 rings (SSSR count). The number of hydrogen-bond acceptors (Lipinski definition) is 3. The molecule has 0 radical (unpaired) electrons. The third-order valence-electron chi connectivity index (χ3n) is 3.57. The maximum Gasteiger partial charge on any atom is 0.319 e. The van der Waals surface area contributed by atoms with Crippen LogP contribution in [-0.2, 0) is 13.1 Å². The lowest BCUT2D eigenvalue weighted by molar-refractivity contribution is 0.253. The van der Waals surface area contributed by atoms with Gasteiger partial charge in [0.15, 0.2) is 0 Å². The molecule has 1 heterocycles. The van der Waals surface area contributed by atoms with Gasteiger partial charge in [-0.3, -0.25) is 9.58 Å². The number of hydrogen-bond donors (Lipinski definition) is 1. The van der Waals surface area contributed by atoms with Gasteiger partial charge in [0, 0.05) is 6.54 Å². The van der Waals surface area contributed by atoms with Gasteiger partial charge in [-0.25, -0.2) is 4.79 Å². The molecule has 0 fully saturated rings. The van der Waals surface area contributed by atoms with Crippen LogP contribution in [0, 0.1) is 24.2 Å². The van der Waals surface area contributed by atoms with Crippen molar-refractivity contribution >= 4 is 11.7 Å². The Hall–Kier alpha value is -2.81. The van der Waals surface area contributed by atoms with Crippen molar-refractivity contribution in [1.29, 1.82) is 5.26 Å². The molecule has 0 saturated carbocycles. The van der Waals surface area contributed by atoms with Gasteiger partial charge in [0.2, 0.25) is 0 Å². The Morgan fingerprint density at radius 3 is 2.83 bits per heavy atom. The van der Waals surface area contributed by atoms with E-state index in [4.69, 9.17) is 11.0 Å². The zero-order chi connectivity index (χ0) is 17.0. The third kappa shape index (κ3) is 3.89. The van der Waals surface area contributed by atoms with Crippen LogP contribution in [0.3, 0.4) is 0 Å². The number of carbonyl (C=O) groups excluding carboxylic acids is 1. The van der Waals surface area contributed by atoms with Gasteiger partial charge < -0.3 is 5.73 Å². The topological polar surface area (TPSA) is 87.9 Å². The van der Waals surface area contributed by atoms with Crippen molar-refractivity contribution in [3.63, 3.8) is 0 Å². The predicted molar refractivity (Wildman–Crippen MR) is 88.7 cm³/mol. The van der Waals surface area contributed by atoms with Crippen LogP contribution in [0.2, 0.25) is 0 Å². The molecule has 120 valence electrons. The van der Waals surface area contributed by atoms with Gasteiger partial charge in [-0.05, 0) is 30.5 Å². The van der Waals surface area contributed by atoms with Crippen LogP contribution >= 0.6 is 0 Å². The van der Waals surface area contributed by atoms with E-state index < -0.39 is 6.03 Å². The van der Waals surface area contributed by atoms with Crippen LogP contribution in [0.5, 0.6) is 0 Å². The predicted octanol–water partition coefficient (Wildman–Crippen LogP) is 2.80. The van der Waals surface area contributed by atoms with E-state index in [9.17, 15) is 4.79 Å². The number of nitrogens with two attached hydrogens (primary N) is 1. The lowest BCUT2D eigenvalue weighted by Crippen LogP contribution is -2.35. The number of nitriles is 1. The lowest BCUT2D eigenvalue weighted by atomic mass is 10.1. The average molecular weight is 311 g/mol. The summed E-state index contributed by atoms with van der Waals surface area (Å²) in [6, 6.07) is 8.69. The fourth-order valence-electron chi connectivity index (χ4n) is 2.44. The second kappa shape index (κ2) is 6.97. The number of carbonyl (C=O) groups is 1. The summed E-state index contributed by atoms with van der Waals surface area (Å²) in [4.78, 5) is 13.4. The van der Waals surface area contributed by atoms with Crippen LogP contribution < -0.4 is 10.6 Å². The SMILES string of the molecule is Cc1c(N(Cc2cccc(C#N)c2)C(N)=O)cnn1CC(C)C. The van der Waals surface area contributed by atoms with Crippen LogP contribution in [-0.4, -0.2) is 15.8 Å². The zero-order valence-electron chi connectivity index (χ0n) is 13.7. The van der Waals surface area contributed by atoms with Crippen LogP contribution in [0.1, 0.15) is 30.7 Å². The molecule has 0 saturated heterocycles. The minimum atomic E-state index is -0.542. The lowest BCUT2D eigenvalue weighted by Gasteiger charge is -2.20. The number of rotatable bonds is 5. The molecule has 6 nitrogen and oxygen atoms in total. The highest BCUT2D eigenvalue weighted by molar-refractivity contribution is 5.91. The molecule has 0 spiro atoms. The van der Waals surface area contributed by atoms with Crippen LogP contribution in [0.4, 0.5) is 10.5 Å². The first-order valence-corrected chi connectivity index (χ1v) is 7.50. The minimum Gasteiger partial charge on any atom is -0.351 e. The number of amides is 2. The molecular formula is C17H21N5O. The number of anilines is 1. The normalized spacial score (nSPS) is 10.6. The molecule has 6 heteroatoms.